The summed E-state index contributed by atoms with van der Waals surface area (Å²) in [4.78, 5) is 49.9. The summed E-state index contributed by atoms with van der Waals surface area (Å²) in [5.41, 5.74) is 13.2. The molecular formula is C51H68Cl3N9O7. The minimum atomic E-state index is -0.425. The molecular weight excluding hydrogens is 957 g/mol. The van der Waals surface area contributed by atoms with Gasteiger partial charge in [-0.2, -0.15) is 0 Å². The molecule has 0 atom stereocenters. The number of rotatable bonds is 18. The summed E-state index contributed by atoms with van der Waals surface area (Å²) >= 11 is 17.8. The van der Waals surface area contributed by atoms with Gasteiger partial charge in [-0.05, 0) is 123 Å². The maximum absolute atomic E-state index is 11.7. The van der Waals surface area contributed by atoms with E-state index in [1.54, 1.807) is 27.4 Å². The molecule has 3 aromatic heterocycles. The summed E-state index contributed by atoms with van der Waals surface area (Å²) in [5.74, 6) is 3.28. The molecule has 6 rings (SSSR count). The fourth-order valence-corrected chi connectivity index (χ4v) is 7.40. The lowest BCUT2D eigenvalue weighted by Crippen LogP contribution is -2.23. The number of methoxy groups -OCH3 is 3. The van der Waals surface area contributed by atoms with Gasteiger partial charge in [-0.15, -0.1) is 0 Å². The molecule has 0 saturated carbocycles. The minimum absolute atomic E-state index is 0.143. The number of unbranched alkanes of at least 4 members (excludes halogenated alkanes) is 4. The van der Waals surface area contributed by atoms with Gasteiger partial charge >= 0.3 is 11.9 Å². The molecule has 3 aromatic carbocycles. The summed E-state index contributed by atoms with van der Waals surface area (Å²) in [6, 6.07) is 11.3. The van der Waals surface area contributed by atoms with Crippen molar-refractivity contribution in [2.75, 3.05) is 45.1 Å². The number of nitrogens with two attached hydrogens (primary N) is 1. The van der Waals surface area contributed by atoms with E-state index < -0.39 is 11.2 Å². The van der Waals surface area contributed by atoms with Crippen molar-refractivity contribution >= 4 is 91.5 Å². The van der Waals surface area contributed by atoms with Crippen LogP contribution in [0.3, 0.4) is 0 Å². The highest BCUT2D eigenvalue weighted by atomic mass is 35.5. The maximum atomic E-state index is 11.7. The van der Waals surface area contributed by atoms with E-state index in [-0.39, 0.29) is 22.2 Å². The van der Waals surface area contributed by atoms with E-state index in [0.717, 1.165) is 107 Å². The van der Waals surface area contributed by atoms with E-state index in [1.807, 2.05) is 92.6 Å². The lowest BCUT2D eigenvalue weighted by Gasteiger charge is -2.19. The van der Waals surface area contributed by atoms with Crippen molar-refractivity contribution in [1.82, 2.24) is 29.9 Å². The highest BCUT2D eigenvalue weighted by Crippen LogP contribution is 2.29. The van der Waals surface area contributed by atoms with Gasteiger partial charge < -0.3 is 40.1 Å². The number of anilines is 2. The molecule has 380 valence electrons. The van der Waals surface area contributed by atoms with Crippen molar-refractivity contribution in [3.8, 4) is 17.2 Å². The van der Waals surface area contributed by atoms with Crippen LogP contribution in [0.1, 0.15) is 115 Å². The number of halogens is 3. The van der Waals surface area contributed by atoms with Gasteiger partial charge in [-0.3, -0.25) is 9.59 Å². The van der Waals surface area contributed by atoms with Crippen molar-refractivity contribution in [1.29, 1.82) is 0 Å². The number of esters is 2. The van der Waals surface area contributed by atoms with Crippen LogP contribution in [0.15, 0.2) is 36.4 Å². The molecule has 0 spiro atoms. The second kappa shape index (κ2) is 26.6. The van der Waals surface area contributed by atoms with Crippen molar-refractivity contribution < 1.29 is 33.3 Å². The molecule has 0 aliphatic rings. The molecule has 3 heterocycles. The van der Waals surface area contributed by atoms with Crippen molar-refractivity contribution in [2.45, 2.75) is 131 Å². The number of benzene rings is 3. The van der Waals surface area contributed by atoms with Crippen molar-refractivity contribution in [3.05, 3.63) is 74.2 Å². The standard InChI is InChI=1S/C21H32N4O3.C20H28ClN3O3.C10H8Cl2N2O/c1-14-11-15-16(12-18(14)27-5)25-20(17(13-22)24-15)23-10-8-6-7-9-19(26)28-21(2,3)4;1-13-11-14-15(12-16(13)26-5)24-19(18(21)23-14)22-10-8-6-7-9-17(25)27-20(2,3)4;1-5-3-6-7(4-8(5)15-2)14-10(12)9(11)13-6/h11-12H,6-10,13,22H2,1-5H3,(H,23,25);11-12H,6-10H2,1-5H3,(H,22,24);3-4H,1-2H3. The zero-order chi connectivity index (χ0) is 51.8. The second-order valence-corrected chi connectivity index (χ2v) is 19.5. The number of ether oxygens (including phenoxy) is 5. The van der Waals surface area contributed by atoms with E-state index in [2.05, 4.69) is 40.5 Å². The Morgan fingerprint density at radius 1 is 0.500 bits per heavy atom. The second-order valence-electron chi connectivity index (χ2n) is 18.5. The van der Waals surface area contributed by atoms with E-state index in [9.17, 15) is 9.59 Å². The molecule has 19 heteroatoms. The Morgan fingerprint density at radius 3 is 1.23 bits per heavy atom. The lowest BCUT2D eigenvalue weighted by atomic mass is 10.1. The molecule has 0 amide bonds. The summed E-state index contributed by atoms with van der Waals surface area (Å²) < 4.78 is 26.5. The van der Waals surface area contributed by atoms with Gasteiger partial charge in [-0.25, -0.2) is 29.9 Å². The molecule has 0 aliphatic heterocycles. The zero-order valence-corrected chi connectivity index (χ0v) is 44.8. The van der Waals surface area contributed by atoms with Gasteiger partial charge in [0.2, 0.25) is 0 Å². The first-order valence-electron chi connectivity index (χ1n) is 23.2. The predicted molar refractivity (Wildman–Crippen MR) is 281 cm³/mol. The van der Waals surface area contributed by atoms with E-state index >= 15 is 0 Å². The first-order chi connectivity index (χ1) is 33.0. The number of aryl methyl sites for hydroxylation is 3. The third-order valence-corrected chi connectivity index (χ3v) is 11.1. The number of carbonyl (C=O) groups excluding carboxylic acids is 2. The molecule has 16 nitrogen and oxygen atoms in total. The van der Waals surface area contributed by atoms with E-state index in [0.29, 0.717) is 53.8 Å². The minimum Gasteiger partial charge on any atom is -0.496 e. The number of hydrogen-bond donors (Lipinski definition) is 3. The summed E-state index contributed by atoms with van der Waals surface area (Å²) in [6.07, 6.45) is 6.15. The largest absolute Gasteiger partial charge is 0.496 e. The van der Waals surface area contributed by atoms with E-state index in [1.165, 1.54) is 0 Å². The van der Waals surface area contributed by atoms with Crippen LogP contribution in [-0.2, 0) is 25.6 Å². The first kappa shape index (κ1) is 57.0. The molecule has 70 heavy (non-hydrogen) atoms. The Hall–Kier alpha value is -5.55. The Kier molecular flexibility index (Phi) is 21.7. The van der Waals surface area contributed by atoms with Gasteiger partial charge in [0.25, 0.3) is 0 Å². The van der Waals surface area contributed by atoms with Gasteiger partial charge in [0, 0.05) is 50.7 Å². The first-order valence-corrected chi connectivity index (χ1v) is 24.3. The fraction of sp³-hybridized carbons (Fsp3) is 0.490. The Bertz CT molecular complexity index is 2730. The summed E-state index contributed by atoms with van der Waals surface area (Å²) in [7, 11) is 4.89. The topological polar surface area (TPSA) is 208 Å². The number of hydrogen-bond acceptors (Lipinski definition) is 16. The highest BCUT2D eigenvalue weighted by molar-refractivity contribution is 6.40. The summed E-state index contributed by atoms with van der Waals surface area (Å²) in [5, 5.41) is 7.31. The van der Waals surface area contributed by atoms with Crippen LogP contribution in [0.2, 0.25) is 15.5 Å². The molecule has 4 N–H and O–H groups in total. The number of aromatic nitrogens is 6. The number of nitrogens with zero attached hydrogens (tertiary/aromatic N) is 6. The zero-order valence-electron chi connectivity index (χ0n) is 42.5. The number of fused-ring (bicyclic) bond motifs is 3. The molecule has 0 saturated heterocycles. The SMILES string of the molecule is COc1cc2nc(Cl)c(Cl)nc2cc1C.COc1cc2nc(NCCCCCC(=O)OC(C)(C)C)c(CN)nc2cc1C.COc1cc2nc(NCCCCCC(=O)OC(C)(C)C)c(Cl)nc2cc1C. The van der Waals surface area contributed by atoms with Crippen LogP contribution in [-0.4, -0.2) is 87.5 Å². The van der Waals surface area contributed by atoms with E-state index in [4.69, 9.17) is 64.2 Å². The monoisotopic (exact) mass is 1020 g/mol. The average Bonchev–Trinajstić information content (AvgIpc) is 3.28. The highest BCUT2D eigenvalue weighted by Gasteiger charge is 2.17. The van der Waals surface area contributed by atoms with Crippen LogP contribution in [0.5, 0.6) is 17.2 Å². The fourth-order valence-electron chi connectivity index (χ4n) is 6.93. The van der Waals surface area contributed by atoms with Crippen LogP contribution < -0.4 is 30.6 Å². The van der Waals surface area contributed by atoms with Gasteiger partial charge in [-0.1, -0.05) is 47.6 Å². The van der Waals surface area contributed by atoms with Gasteiger partial charge in [0.15, 0.2) is 21.3 Å². The van der Waals surface area contributed by atoms with Crippen LogP contribution in [0.4, 0.5) is 11.6 Å². The van der Waals surface area contributed by atoms with Gasteiger partial charge in [0.1, 0.15) is 34.3 Å². The number of nitrogens with one attached hydrogen (secondary N) is 2. The molecule has 0 unspecified atom stereocenters. The predicted octanol–water partition coefficient (Wildman–Crippen LogP) is 11.9. The third-order valence-electron chi connectivity index (χ3n) is 10.2. The smallest absolute Gasteiger partial charge is 0.306 e. The molecule has 0 bridgehead atoms. The number of carbonyl (C=O) groups is 2. The Labute approximate surface area is 426 Å². The third kappa shape index (κ3) is 18.0. The molecule has 6 aromatic rings. The lowest BCUT2D eigenvalue weighted by molar-refractivity contribution is -0.156. The normalized spacial score (nSPS) is 11.3. The van der Waals surface area contributed by atoms with Gasteiger partial charge in [0.05, 0.1) is 60.1 Å². The average molecular weight is 1030 g/mol. The summed E-state index contributed by atoms with van der Waals surface area (Å²) in [6.45, 7) is 18.9. The molecule has 0 radical (unpaired) electrons. The molecule has 0 aliphatic carbocycles. The van der Waals surface area contributed by atoms with Crippen LogP contribution in [0.25, 0.3) is 33.1 Å². The van der Waals surface area contributed by atoms with Crippen molar-refractivity contribution in [3.63, 3.8) is 0 Å². The Balaban J connectivity index is 0.000000238. The molecule has 0 fully saturated rings. The van der Waals surface area contributed by atoms with Crippen molar-refractivity contribution in [2.24, 2.45) is 5.73 Å². The van der Waals surface area contributed by atoms with Crippen LogP contribution in [0, 0.1) is 20.8 Å². The maximum Gasteiger partial charge on any atom is 0.306 e. The van der Waals surface area contributed by atoms with Crippen LogP contribution >= 0.6 is 34.8 Å². The Morgan fingerprint density at radius 2 is 0.843 bits per heavy atom. The quantitative estimate of drug-likeness (QED) is 0.0540.